The maximum Gasteiger partial charge on any atom is 0.280 e. The summed E-state index contributed by atoms with van der Waals surface area (Å²) in [6, 6.07) is 0. The van der Waals surface area contributed by atoms with Crippen molar-refractivity contribution in [1.82, 2.24) is 19.5 Å². The number of aromatic nitrogens is 4. The summed E-state index contributed by atoms with van der Waals surface area (Å²) in [5.74, 6) is 0.0464. The number of hydrogen-bond donors (Lipinski definition) is 3. The molecule has 0 saturated carbocycles. The molecule has 0 spiro atoms. The van der Waals surface area contributed by atoms with E-state index in [1.54, 1.807) is 16.7 Å². The number of allylic oxidation sites excluding steroid dienone is 2. The Labute approximate surface area is 95.1 Å². The SMILES string of the molecule is Nc1nc2c(ncn2C/C=C/C=N/O)c(=O)[nH]1. The van der Waals surface area contributed by atoms with E-state index < -0.39 is 0 Å². The highest BCUT2D eigenvalue weighted by Gasteiger charge is 2.07. The molecule has 0 aromatic carbocycles. The number of hydrogen-bond acceptors (Lipinski definition) is 6. The second kappa shape index (κ2) is 4.47. The first kappa shape index (κ1) is 10.9. The third-order valence-corrected chi connectivity index (χ3v) is 2.08. The third kappa shape index (κ3) is 2.14. The minimum atomic E-state index is -0.368. The molecule has 0 aliphatic carbocycles. The molecule has 0 aliphatic rings. The molecule has 0 fully saturated rings. The van der Waals surface area contributed by atoms with Crippen molar-refractivity contribution in [2.75, 3.05) is 5.73 Å². The molecule has 0 bridgehead atoms. The molecule has 2 heterocycles. The van der Waals surface area contributed by atoms with Crippen molar-refractivity contribution in [3.8, 4) is 0 Å². The smallest absolute Gasteiger partial charge is 0.280 e. The van der Waals surface area contributed by atoms with Gasteiger partial charge in [-0.1, -0.05) is 11.2 Å². The largest absolute Gasteiger partial charge is 0.411 e. The van der Waals surface area contributed by atoms with Crippen molar-refractivity contribution >= 4 is 23.3 Å². The molecule has 2 aromatic heterocycles. The quantitative estimate of drug-likeness (QED) is 0.383. The van der Waals surface area contributed by atoms with Crippen LogP contribution in [-0.2, 0) is 6.54 Å². The first-order valence-electron chi connectivity index (χ1n) is 4.75. The van der Waals surface area contributed by atoms with Crippen LogP contribution in [0.15, 0.2) is 28.4 Å². The van der Waals surface area contributed by atoms with E-state index in [-0.39, 0.29) is 17.0 Å². The predicted molar refractivity (Wildman–Crippen MR) is 62.0 cm³/mol. The summed E-state index contributed by atoms with van der Waals surface area (Å²) in [6.45, 7) is 0.443. The molecule has 2 rings (SSSR count). The summed E-state index contributed by atoms with van der Waals surface area (Å²) in [4.78, 5) is 21.8. The Hall–Kier alpha value is -2.64. The zero-order valence-electron chi connectivity index (χ0n) is 8.74. The summed E-state index contributed by atoms with van der Waals surface area (Å²) >= 11 is 0. The van der Waals surface area contributed by atoms with Crippen LogP contribution < -0.4 is 11.3 Å². The summed E-state index contributed by atoms with van der Waals surface area (Å²) < 4.78 is 1.66. The van der Waals surface area contributed by atoms with Gasteiger partial charge in [-0.05, 0) is 6.08 Å². The molecule has 0 radical (unpaired) electrons. The number of fused-ring (bicyclic) bond motifs is 1. The normalized spacial score (nSPS) is 12.0. The van der Waals surface area contributed by atoms with E-state index in [0.29, 0.717) is 12.2 Å². The van der Waals surface area contributed by atoms with E-state index in [1.165, 1.54) is 12.5 Å². The standard InChI is InChI=1S/C9H10N6O2/c10-9-13-7-6(8(16)14-9)11-5-15(7)4-2-1-3-12-17/h1-3,5,17H,4H2,(H3,10,13,14,16)/b2-1+,12-3+. The lowest BCUT2D eigenvalue weighted by Crippen LogP contribution is -2.12. The van der Waals surface area contributed by atoms with Crippen LogP contribution in [0.3, 0.4) is 0 Å². The minimum Gasteiger partial charge on any atom is -0.411 e. The Bertz CT molecular complexity index is 638. The van der Waals surface area contributed by atoms with Crippen molar-refractivity contribution < 1.29 is 5.21 Å². The number of nitrogens with one attached hydrogen (secondary N) is 1. The van der Waals surface area contributed by atoms with Crippen LogP contribution in [0.25, 0.3) is 11.2 Å². The van der Waals surface area contributed by atoms with Crippen LogP contribution in [0, 0.1) is 0 Å². The van der Waals surface area contributed by atoms with Gasteiger partial charge in [0.25, 0.3) is 5.56 Å². The van der Waals surface area contributed by atoms with E-state index in [4.69, 9.17) is 10.9 Å². The van der Waals surface area contributed by atoms with Gasteiger partial charge in [-0.15, -0.1) is 0 Å². The van der Waals surface area contributed by atoms with Crippen LogP contribution in [0.1, 0.15) is 0 Å². The molecular formula is C9H10N6O2. The van der Waals surface area contributed by atoms with E-state index in [1.807, 2.05) is 0 Å². The van der Waals surface area contributed by atoms with Gasteiger partial charge in [0.05, 0.1) is 12.5 Å². The fourth-order valence-electron chi connectivity index (χ4n) is 1.38. The molecule has 0 atom stereocenters. The van der Waals surface area contributed by atoms with E-state index in [0.717, 1.165) is 0 Å². The predicted octanol–water partition coefficient (Wildman–Crippen LogP) is -0.282. The lowest BCUT2D eigenvalue weighted by molar-refractivity contribution is 0.322. The van der Waals surface area contributed by atoms with E-state index in [2.05, 4.69) is 20.1 Å². The number of aromatic amines is 1. The monoisotopic (exact) mass is 234 g/mol. The Balaban J connectivity index is 2.39. The average molecular weight is 234 g/mol. The van der Waals surface area contributed by atoms with Crippen LogP contribution in [-0.4, -0.2) is 30.9 Å². The lowest BCUT2D eigenvalue weighted by atomic mass is 10.5. The number of anilines is 1. The second-order valence-electron chi connectivity index (χ2n) is 3.21. The zero-order valence-corrected chi connectivity index (χ0v) is 8.74. The number of nitrogens with two attached hydrogens (primary N) is 1. The molecular weight excluding hydrogens is 224 g/mol. The molecule has 0 aliphatic heterocycles. The molecule has 8 nitrogen and oxygen atoms in total. The fraction of sp³-hybridized carbons (Fsp3) is 0.111. The summed E-state index contributed by atoms with van der Waals surface area (Å²) in [5, 5.41) is 11.0. The molecule has 2 aromatic rings. The lowest BCUT2D eigenvalue weighted by Gasteiger charge is -1.98. The number of H-pyrrole nitrogens is 1. The molecule has 8 heteroatoms. The Morgan fingerprint density at radius 3 is 3.24 bits per heavy atom. The Kier molecular flexibility index (Phi) is 2.86. The third-order valence-electron chi connectivity index (χ3n) is 2.08. The molecule has 0 unspecified atom stereocenters. The minimum absolute atomic E-state index is 0.0464. The van der Waals surface area contributed by atoms with E-state index >= 15 is 0 Å². The molecule has 0 saturated heterocycles. The highest BCUT2D eigenvalue weighted by atomic mass is 16.4. The van der Waals surface area contributed by atoms with Gasteiger partial charge in [-0.2, -0.15) is 4.98 Å². The second-order valence-corrected chi connectivity index (χ2v) is 3.21. The first-order chi connectivity index (χ1) is 8.22. The number of oxime groups is 1. The maximum absolute atomic E-state index is 11.5. The van der Waals surface area contributed by atoms with Gasteiger partial charge >= 0.3 is 0 Å². The van der Waals surface area contributed by atoms with Crippen LogP contribution >= 0.6 is 0 Å². The maximum atomic E-state index is 11.5. The van der Waals surface area contributed by atoms with Gasteiger partial charge in [0, 0.05) is 6.54 Å². The number of rotatable bonds is 3. The molecule has 17 heavy (non-hydrogen) atoms. The van der Waals surface area contributed by atoms with Gasteiger partial charge in [0.1, 0.15) is 0 Å². The topological polar surface area (TPSA) is 122 Å². The summed E-state index contributed by atoms with van der Waals surface area (Å²) in [7, 11) is 0. The van der Waals surface area contributed by atoms with Crippen molar-refractivity contribution in [3.05, 3.63) is 28.8 Å². The van der Waals surface area contributed by atoms with Gasteiger partial charge in [0.2, 0.25) is 5.95 Å². The number of nitrogens with zero attached hydrogens (tertiary/aromatic N) is 4. The Morgan fingerprint density at radius 1 is 1.65 bits per heavy atom. The number of imidazole rings is 1. The van der Waals surface area contributed by atoms with Gasteiger partial charge in [-0.3, -0.25) is 9.78 Å². The first-order valence-corrected chi connectivity index (χ1v) is 4.75. The average Bonchev–Trinajstić information content (AvgIpc) is 2.68. The van der Waals surface area contributed by atoms with Crippen LogP contribution in [0.4, 0.5) is 5.95 Å². The van der Waals surface area contributed by atoms with Crippen molar-refractivity contribution in [2.45, 2.75) is 6.54 Å². The van der Waals surface area contributed by atoms with Crippen LogP contribution in [0.5, 0.6) is 0 Å². The van der Waals surface area contributed by atoms with Gasteiger partial charge in [-0.25, -0.2) is 4.98 Å². The summed E-state index contributed by atoms with van der Waals surface area (Å²) in [5.41, 5.74) is 5.73. The Morgan fingerprint density at radius 2 is 2.47 bits per heavy atom. The number of nitrogen functional groups attached to an aromatic ring is 1. The molecule has 0 amide bonds. The highest BCUT2D eigenvalue weighted by molar-refractivity contribution is 5.71. The summed E-state index contributed by atoms with van der Waals surface area (Å²) in [6.07, 6.45) is 6.00. The fourth-order valence-corrected chi connectivity index (χ4v) is 1.38. The van der Waals surface area contributed by atoms with Gasteiger partial charge in [0.15, 0.2) is 11.2 Å². The molecule has 88 valence electrons. The van der Waals surface area contributed by atoms with Crippen LogP contribution in [0.2, 0.25) is 0 Å². The van der Waals surface area contributed by atoms with E-state index in [9.17, 15) is 4.79 Å². The van der Waals surface area contributed by atoms with Crippen molar-refractivity contribution in [2.24, 2.45) is 5.16 Å². The van der Waals surface area contributed by atoms with Crippen molar-refractivity contribution in [3.63, 3.8) is 0 Å². The van der Waals surface area contributed by atoms with Crippen molar-refractivity contribution in [1.29, 1.82) is 0 Å². The van der Waals surface area contributed by atoms with Gasteiger partial charge < -0.3 is 15.5 Å². The molecule has 4 N–H and O–H groups in total. The highest BCUT2D eigenvalue weighted by Crippen LogP contribution is 2.05. The zero-order chi connectivity index (χ0) is 12.3.